The summed E-state index contributed by atoms with van der Waals surface area (Å²) in [5, 5.41) is 0. The third-order valence-corrected chi connectivity index (χ3v) is 3.17. The normalized spacial score (nSPS) is 25.5. The molecular formula is C11H18N2O2. The Labute approximate surface area is 90.5 Å². The smallest absolute Gasteiger partial charge is 0.269 e. The zero-order chi connectivity index (χ0) is 11.1. The molecule has 0 saturated carbocycles. The zero-order valence-electron chi connectivity index (χ0n) is 9.45. The number of hydrogen-bond acceptors (Lipinski definition) is 3. The lowest BCUT2D eigenvalue weighted by Crippen LogP contribution is -2.55. The van der Waals surface area contributed by atoms with E-state index in [2.05, 4.69) is 13.5 Å². The summed E-state index contributed by atoms with van der Waals surface area (Å²) in [5.74, 6) is 0.0666. The maximum atomic E-state index is 11.9. The second kappa shape index (κ2) is 3.52. The molecule has 4 nitrogen and oxygen atoms in total. The van der Waals surface area contributed by atoms with Crippen LogP contribution in [-0.4, -0.2) is 55.6 Å². The minimum Gasteiger partial charge on any atom is -0.380 e. The van der Waals surface area contributed by atoms with Crippen molar-refractivity contribution in [2.24, 2.45) is 5.41 Å². The zero-order valence-corrected chi connectivity index (χ0v) is 9.45. The van der Waals surface area contributed by atoms with Crippen molar-refractivity contribution in [3.8, 4) is 0 Å². The molecule has 2 rings (SSSR count). The van der Waals surface area contributed by atoms with Gasteiger partial charge in [0.25, 0.3) is 5.91 Å². The molecule has 0 N–H and O–H groups in total. The fourth-order valence-electron chi connectivity index (χ4n) is 2.01. The summed E-state index contributed by atoms with van der Waals surface area (Å²) in [6.45, 7) is 9.95. The van der Waals surface area contributed by atoms with Gasteiger partial charge >= 0.3 is 0 Å². The van der Waals surface area contributed by atoms with Crippen LogP contribution in [0.1, 0.15) is 6.92 Å². The van der Waals surface area contributed by atoms with E-state index in [1.165, 1.54) is 0 Å². The molecule has 84 valence electrons. The molecule has 0 spiro atoms. The molecule has 2 fully saturated rings. The minimum absolute atomic E-state index is 0.0666. The quantitative estimate of drug-likeness (QED) is 0.615. The SMILES string of the molecule is C=C1C(=O)N(CC2(C)COC2)CCN1C. The highest BCUT2D eigenvalue weighted by atomic mass is 16.5. The highest BCUT2D eigenvalue weighted by molar-refractivity contribution is 5.92. The van der Waals surface area contributed by atoms with Crippen molar-refractivity contribution >= 4 is 5.91 Å². The molecule has 0 radical (unpaired) electrons. The predicted molar refractivity (Wildman–Crippen MR) is 57.3 cm³/mol. The van der Waals surface area contributed by atoms with Crippen molar-refractivity contribution in [1.29, 1.82) is 0 Å². The third kappa shape index (κ3) is 1.86. The topological polar surface area (TPSA) is 32.8 Å². The van der Waals surface area contributed by atoms with E-state index in [0.29, 0.717) is 5.70 Å². The van der Waals surface area contributed by atoms with E-state index in [4.69, 9.17) is 4.74 Å². The molecule has 4 heteroatoms. The summed E-state index contributed by atoms with van der Waals surface area (Å²) in [7, 11) is 1.91. The van der Waals surface area contributed by atoms with Gasteiger partial charge in [-0.1, -0.05) is 13.5 Å². The number of hydrogen-bond donors (Lipinski definition) is 0. The van der Waals surface area contributed by atoms with Crippen LogP contribution in [-0.2, 0) is 9.53 Å². The molecule has 0 aliphatic carbocycles. The van der Waals surface area contributed by atoms with Crippen LogP contribution in [0.15, 0.2) is 12.3 Å². The molecule has 0 aromatic heterocycles. The number of carbonyl (C=O) groups excluding carboxylic acids is 1. The fraction of sp³-hybridized carbons (Fsp3) is 0.727. The first-order valence-corrected chi connectivity index (χ1v) is 5.29. The van der Waals surface area contributed by atoms with Gasteiger partial charge in [0.2, 0.25) is 0 Å². The summed E-state index contributed by atoms with van der Waals surface area (Å²) >= 11 is 0. The van der Waals surface area contributed by atoms with Gasteiger partial charge in [-0.3, -0.25) is 4.79 Å². The van der Waals surface area contributed by atoms with Crippen LogP contribution in [0, 0.1) is 5.41 Å². The van der Waals surface area contributed by atoms with E-state index in [1.54, 1.807) is 0 Å². The minimum atomic E-state index is 0.0666. The molecule has 2 heterocycles. The van der Waals surface area contributed by atoms with E-state index in [-0.39, 0.29) is 11.3 Å². The average Bonchev–Trinajstić information content (AvgIpc) is 2.17. The molecule has 15 heavy (non-hydrogen) atoms. The lowest BCUT2D eigenvalue weighted by molar-refractivity contribution is -0.144. The van der Waals surface area contributed by atoms with Gasteiger partial charge in [-0.15, -0.1) is 0 Å². The first-order chi connectivity index (χ1) is 7.02. The van der Waals surface area contributed by atoms with Crippen LogP contribution >= 0.6 is 0 Å². The van der Waals surface area contributed by atoms with E-state index in [9.17, 15) is 4.79 Å². The highest BCUT2D eigenvalue weighted by Crippen LogP contribution is 2.28. The molecular weight excluding hydrogens is 192 g/mol. The van der Waals surface area contributed by atoms with Crippen molar-refractivity contribution in [1.82, 2.24) is 9.80 Å². The van der Waals surface area contributed by atoms with Crippen LogP contribution < -0.4 is 0 Å². The van der Waals surface area contributed by atoms with Gasteiger partial charge in [0.05, 0.1) is 18.9 Å². The Morgan fingerprint density at radius 1 is 1.47 bits per heavy atom. The van der Waals surface area contributed by atoms with Crippen LogP contribution in [0.2, 0.25) is 0 Å². The molecule has 0 aromatic rings. The van der Waals surface area contributed by atoms with Gasteiger partial charge in [-0.25, -0.2) is 0 Å². The van der Waals surface area contributed by atoms with Crippen molar-refractivity contribution in [3.05, 3.63) is 12.3 Å². The number of piperazine rings is 1. The predicted octanol–water partition coefficient (Wildman–Crippen LogP) is 0.311. The molecule has 2 aliphatic heterocycles. The van der Waals surface area contributed by atoms with E-state index < -0.39 is 0 Å². The molecule has 0 unspecified atom stereocenters. The maximum Gasteiger partial charge on any atom is 0.269 e. The number of rotatable bonds is 2. The Kier molecular flexibility index (Phi) is 2.46. The van der Waals surface area contributed by atoms with Crippen molar-refractivity contribution in [3.63, 3.8) is 0 Å². The molecule has 0 aromatic carbocycles. The lowest BCUT2D eigenvalue weighted by atomic mass is 9.88. The van der Waals surface area contributed by atoms with Gasteiger partial charge in [0, 0.05) is 32.1 Å². The standard InChI is InChI=1S/C11H18N2O2/c1-9-10(14)13(5-4-12(9)3)6-11(2)7-15-8-11/h1,4-8H2,2-3H3. The molecule has 1 amide bonds. The van der Waals surface area contributed by atoms with Gasteiger partial charge in [0.1, 0.15) is 0 Å². The van der Waals surface area contributed by atoms with Gasteiger partial charge in [-0.05, 0) is 0 Å². The van der Waals surface area contributed by atoms with Gasteiger partial charge in [0.15, 0.2) is 0 Å². The largest absolute Gasteiger partial charge is 0.380 e. The van der Waals surface area contributed by atoms with Crippen LogP contribution in [0.25, 0.3) is 0 Å². The number of likely N-dealkylation sites (N-methyl/N-ethyl adjacent to an activating group) is 1. The Morgan fingerprint density at radius 3 is 2.67 bits per heavy atom. The first-order valence-electron chi connectivity index (χ1n) is 5.29. The van der Waals surface area contributed by atoms with Crippen molar-refractivity contribution < 1.29 is 9.53 Å². The number of amides is 1. The second-order valence-electron chi connectivity index (χ2n) is 4.90. The van der Waals surface area contributed by atoms with Crippen molar-refractivity contribution in [2.45, 2.75) is 6.92 Å². The Hall–Kier alpha value is -1.03. The summed E-state index contributed by atoms with van der Waals surface area (Å²) in [6.07, 6.45) is 0. The summed E-state index contributed by atoms with van der Waals surface area (Å²) in [5.41, 5.74) is 0.761. The molecule has 2 aliphatic rings. The van der Waals surface area contributed by atoms with Crippen LogP contribution in [0.4, 0.5) is 0 Å². The maximum absolute atomic E-state index is 11.9. The second-order valence-corrected chi connectivity index (χ2v) is 4.90. The highest BCUT2D eigenvalue weighted by Gasteiger charge is 2.38. The Balaban J connectivity index is 1.98. The average molecular weight is 210 g/mol. The van der Waals surface area contributed by atoms with E-state index >= 15 is 0 Å². The summed E-state index contributed by atoms with van der Waals surface area (Å²) < 4.78 is 5.19. The van der Waals surface area contributed by atoms with E-state index in [0.717, 1.165) is 32.8 Å². The molecule has 0 bridgehead atoms. The summed E-state index contributed by atoms with van der Waals surface area (Å²) in [4.78, 5) is 15.7. The van der Waals surface area contributed by atoms with Crippen LogP contribution in [0.3, 0.4) is 0 Å². The Bertz CT molecular complexity index is 297. The first kappa shape index (κ1) is 10.5. The van der Waals surface area contributed by atoms with Gasteiger partial charge in [-0.2, -0.15) is 0 Å². The fourth-order valence-corrected chi connectivity index (χ4v) is 2.01. The van der Waals surface area contributed by atoms with E-state index in [1.807, 2.05) is 16.8 Å². The van der Waals surface area contributed by atoms with Crippen molar-refractivity contribution in [2.75, 3.05) is 39.9 Å². The number of carbonyl (C=O) groups is 1. The lowest BCUT2D eigenvalue weighted by Gasteiger charge is -2.44. The Morgan fingerprint density at radius 2 is 2.13 bits per heavy atom. The monoisotopic (exact) mass is 210 g/mol. The molecule has 0 atom stereocenters. The third-order valence-electron chi connectivity index (χ3n) is 3.17. The number of nitrogens with zero attached hydrogens (tertiary/aromatic N) is 2. The van der Waals surface area contributed by atoms with Gasteiger partial charge < -0.3 is 14.5 Å². The summed E-state index contributed by atoms with van der Waals surface area (Å²) in [6, 6.07) is 0. The number of ether oxygens (including phenoxy) is 1. The molecule has 2 saturated heterocycles. The van der Waals surface area contributed by atoms with Crippen LogP contribution in [0.5, 0.6) is 0 Å².